The van der Waals surface area contributed by atoms with Gasteiger partial charge in [-0.05, 0) is 37.0 Å². The van der Waals surface area contributed by atoms with Crippen LogP contribution in [-0.4, -0.2) is 42.5 Å². The summed E-state index contributed by atoms with van der Waals surface area (Å²) in [5.41, 5.74) is 1.01. The summed E-state index contributed by atoms with van der Waals surface area (Å²) >= 11 is 1.38. The van der Waals surface area contributed by atoms with Gasteiger partial charge in [0.15, 0.2) is 11.2 Å². The van der Waals surface area contributed by atoms with Crippen LogP contribution in [0.4, 0.5) is 5.00 Å². The SMILES string of the molecule is O=C(NCC1Cc2c(sc(NC3CCCCO3)c2C(=O)O)CO1)c1cc(=O)c2ccccc2o1. The van der Waals surface area contributed by atoms with E-state index in [-0.39, 0.29) is 36.1 Å². The Labute approximate surface area is 198 Å². The van der Waals surface area contributed by atoms with Crippen LogP contribution in [0.3, 0.4) is 0 Å². The summed E-state index contributed by atoms with van der Waals surface area (Å²) in [5.74, 6) is -1.61. The lowest BCUT2D eigenvalue weighted by molar-refractivity contribution is 0.0297. The van der Waals surface area contributed by atoms with Crippen molar-refractivity contribution in [1.29, 1.82) is 0 Å². The Bertz CT molecular complexity index is 1290. The number of benzene rings is 1. The van der Waals surface area contributed by atoms with Crippen molar-refractivity contribution >= 4 is 39.2 Å². The first-order chi connectivity index (χ1) is 16.5. The second kappa shape index (κ2) is 9.57. The van der Waals surface area contributed by atoms with Gasteiger partial charge in [-0.3, -0.25) is 9.59 Å². The van der Waals surface area contributed by atoms with Gasteiger partial charge in [0.2, 0.25) is 0 Å². The van der Waals surface area contributed by atoms with E-state index in [4.69, 9.17) is 13.9 Å². The quantitative estimate of drug-likeness (QED) is 0.486. The molecule has 1 amide bonds. The molecule has 2 aliphatic heterocycles. The molecule has 1 saturated heterocycles. The first kappa shape index (κ1) is 22.6. The Kier molecular flexibility index (Phi) is 6.36. The number of para-hydroxylation sites is 1. The van der Waals surface area contributed by atoms with Crippen LogP contribution >= 0.6 is 11.3 Å². The smallest absolute Gasteiger partial charge is 0.338 e. The van der Waals surface area contributed by atoms with E-state index in [9.17, 15) is 19.5 Å². The van der Waals surface area contributed by atoms with Crippen molar-refractivity contribution in [2.24, 2.45) is 0 Å². The zero-order valence-electron chi connectivity index (χ0n) is 18.3. The second-order valence-electron chi connectivity index (χ2n) is 8.33. The summed E-state index contributed by atoms with van der Waals surface area (Å²) in [4.78, 5) is 37.8. The lowest BCUT2D eigenvalue weighted by Gasteiger charge is -2.24. The summed E-state index contributed by atoms with van der Waals surface area (Å²) in [6.45, 7) is 1.07. The fraction of sp³-hybridized carbons (Fsp3) is 0.375. The maximum Gasteiger partial charge on any atom is 0.338 e. The lowest BCUT2D eigenvalue weighted by Crippen LogP contribution is -2.37. The molecular formula is C24H24N2O7S. The van der Waals surface area contributed by atoms with Crippen LogP contribution in [-0.2, 0) is 22.5 Å². The second-order valence-corrected chi connectivity index (χ2v) is 9.44. The third-order valence-electron chi connectivity index (χ3n) is 6.01. The first-order valence-corrected chi connectivity index (χ1v) is 12.0. The Morgan fingerprint density at radius 1 is 1.18 bits per heavy atom. The number of aromatic carboxylic acids is 1. The van der Waals surface area contributed by atoms with Gasteiger partial charge >= 0.3 is 5.97 Å². The molecule has 3 N–H and O–H groups in total. The molecule has 34 heavy (non-hydrogen) atoms. The van der Waals surface area contributed by atoms with Gasteiger partial charge in [-0.25, -0.2) is 4.79 Å². The summed E-state index contributed by atoms with van der Waals surface area (Å²) in [6, 6.07) is 7.90. The lowest BCUT2D eigenvalue weighted by atomic mass is 10.0. The van der Waals surface area contributed by atoms with Gasteiger partial charge in [-0.2, -0.15) is 0 Å². The molecule has 5 rings (SSSR count). The van der Waals surface area contributed by atoms with Crippen molar-refractivity contribution in [3.63, 3.8) is 0 Å². The predicted molar refractivity (Wildman–Crippen MR) is 126 cm³/mol. The minimum atomic E-state index is -1.00. The van der Waals surface area contributed by atoms with E-state index in [1.54, 1.807) is 24.3 Å². The molecule has 2 aromatic heterocycles. The van der Waals surface area contributed by atoms with Crippen LogP contribution in [0.2, 0.25) is 0 Å². The number of carboxylic acid groups (broad SMARTS) is 1. The molecule has 0 radical (unpaired) electrons. The van der Waals surface area contributed by atoms with Crippen molar-refractivity contribution in [1.82, 2.24) is 5.32 Å². The molecule has 1 fully saturated rings. The molecule has 0 bridgehead atoms. The number of ether oxygens (including phenoxy) is 2. The Morgan fingerprint density at radius 2 is 2.03 bits per heavy atom. The average Bonchev–Trinajstić information content (AvgIpc) is 3.20. The van der Waals surface area contributed by atoms with Crippen LogP contribution in [0.5, 0.6) is 0 Å². The highest BCUT2D eigenvalue weighted by Gasteiger charge is 2.31. The van der Waals surface area contributed by atoms with Crippen molar-refractivity contribution in [3.05, 3.63) is 62.3 Å². The molecule has 0 aliphatic carbocycles. The van der Waals surface area contributed by atoms with Crippen LogP contribution in [0, 0.1) is 0 Å². The van der Waals surface area contributed by atoms with Crippen molar-refractivity contribution < 1.29 is 28.6 Å². The van der Waals surface area contributed by atoms with Gasteiger partial charge in [0.25, 0.3) is 5.91 Å². The van der Waals surface area contributed by atoms with Crippen LogP contribution < -0.4 is 16.1 Å². The van der Waals surface area contributed by atoms with Gasteiger partial charge in [0, 0.05) is 30.5 Å². The largest absolute Gasteiger partial charge is 0.478 e. The predicted octanol–water partition coefficient (Wildman–Crippen LogP) is 3.36. The molecule has 2 unspecified atom stereocenters. The Balaban J connectivity index is 1.28. The maximum absolute atomic E-state index is 12.6. The number of carbonyl (C=O) groups is 2. The standard InChI is InChI=1S/C24H24N2O7S/c27-16-10-18(33-17-6-2-1-5-14(16)17)22(28)25-11-13-9-15-19(12-32-13)34-23(21(15)24(29)30)26-20-7-3-4-8-31-20/h1-2,5-6,10,13,20,26H,3-4,7-9,11-12H2,(H,25,28)(H,29,30). The number of hydrogen-bond acceptors (Lipinski definition) is 8. The highest BCUT2D eigenvalue weighted by Crippen LogP contribution is 2.38. The topological polar surface area (TPSA) is 127 Å². The summed E-state index contributed by atoms with van der Waals surface area (Å²) < 4.78 is 17.2. The normalized spacial score (nSPS) is 20.0. The van der Waals surface area contributed by atoms with Gasteiger partial charge in [0.1, 0.15) is 16.8 Å². The number of fused-ring (bicyclic) bond motifs is 2. The zero-order chi connectivity index (χ0) is 23.7. The monoisotopic (exact) mass is 484 g/mol. The van der Waals surface area contributed by atoms with E-state index < -0.39 is 18.0 Å². The third-order valence-corrected chi connectivity index (χ3v) is 7.14. The summed E-state index contributed by atoms with van der Waals surface area (Å²) in [7, 11) is 0. The van der Waals surface area contributed by atoms with E-state index in [1.165, 1.54) is 17.4 Å². The van der Waals surface area contributed by atoms with E-state index in [0.29, 0.717) is 29.0 Å². The van der Waals surface area contributed by atoms with E-state index in [0.717, 1.165) is 29.7 Å². The van der Waals surface area contributed by atoms with Crippen LogP contribution in [0.1, 0.15) is 50.6 Å². The molecule has 178 valence electrons. The van der Waals surface area contributed by atoms with E-state index in [2.05, 4.69) is 10.6 Å². The minimum Gasteiger partial charge on any atom is -0.478 e. The number of rotatable bonds is 6. The van der Waals surface area contributed by atoms with Crippen molar-refractivity contribution in [3.8, 4) is 0 Å². The average molecular weight is 485 g/mol. The molecule has 10 heteroatoms. The number of hydrogen-bond donors (Lipinski definition) is 3. The molecule has 2 atom stereocenters. The van der Waals surface area contributed by atoms with Crippen molar-refractivity contribution in [2.75, 3.05) is 18.5 Å². The summed E-state index contributed by atoms with van der Waals surface area (Å²) in [5, 5.41) is 16.8. The number of amides is 1. The number of carboxylic acids is 1. The highest BCUT2D eigenvalue weighted by atomic mass is 32.1. The van der Waals surface area contributed by atoms with Crippen LogP contribution in [0.25, 0.3) is 11.0 Å². The minimum absolute atomic E-state index is 0.0825. The number of anilines is 1. The molecule has 2 aliphatic rings. The van der Waals surface area contributed by atoms with E-state index >= 15 is 0 Å². The third kappa shape index (κ3) is 4.56. The van der Waals surface area contributed by atoms with Gasteiger partial charge < -0.3 is 29.6 Å². The van der Waals surface area contributed by atoms with Gasteiger partial charge in [0.05, 0.1) is 23.7 Å². The van der Waals surface area contributed by atoms with Crippen molar-refractivity contribution in [2.45, 2.75) is 44.6 Å². The zero-order valence-corrected chi connectivity index (χ0v) is 19.1. The van der Waals surface area contributed by atoms with E-state index in [1.807, 2.05) is 0 Å². The molecule has 1 aromatic carbocycles. The Morgan fingerprint density at radius 3 is 2.82 bits per heavy atom. The molecular weight excluding hydrogens is 460 g/mol. The number of carbonyl (C=O) groups excluding carboxylic acids is 1. The summed E-state index contributed by atoms with van der Waals surface area (Å²) in [6.07, 6.45) is 2.62. The number of nitrogens with one attached hydrogen (secondary N) is 2. The fourth-order valence-corrected chi connectivity index (χ4v) is 5.48. The van der Waals surface area contributed by atoms with Gasteiger partial charge in [-0.15, -0.1) is 11.3 Å². The molecule has 4 heterocycles. The highest BCUT2D eigenvalue weighted by molar-refractivity contribution is 7.16. The molecule has 0 saturated carbocycles. The Hall–Kier alpha value is -3.21. The molecule has 0 spiro atoms. The first-order valence-electron chi connectivity index (χ1n) is 11.2. The van der Waals surface area contributed by atoms with Gasteiger partial charge in [-0.1, -0.05) is 12.1 Å². The molecule has 3 aromatic rings. The van der Waals surface area contributed by atoms with Crippen LogP contribution in [0.15, 0.2) is 39.5 Å². The fourth-order valence-electron chi connectivity index (χ4n) is 4.29. The number of thiophene rings is 1. The molecule has 9 nitrogen and oxygen atoms in total. The maximum atomic E-state index is 12.6.